The Hall–Kier alpha value is -2.81. The first-order valence-electron chi connectivity index (χ1n) is 6.75. The summed E-state index contributed by atoms with van der Waals surface area (Å²) >= 11 is 0. The number of nitrogens with one attached hydrogen (secondary N) is 2. The van der Waals surface area contributed by atoms with E-state index in [2.05, 4.69) is 30.2 Å². The van der Waals surface area contributed by atoms with Crippen LogP contribution >= 0.6 is 0 Å². The third-order valence-corrected chi connectivity index (χ3v) is 3.20. The maximum Gasteiger partial charge on any atom is 0.328 e. The number of rotatable bonds is 4. The number of H-pyrrole nitrogens is 1. The molecule has 0 aliphatic rings. The molecule has 0 fully saturated rings. The van der Waals surface area contributed by atoms with E-state index < -0.39 is 0 Å². The van der Waals surface area contributed by atoms with Crippen molar-refractivity contribution in [1.82, 2.24) is 34.8 Å². The lowest BCUT2D eigenvalue weighted by Crippen LogP contribution is -2.19. The second-order valence-electron chi connectivity index (χ2n) is 4.90. The van der Waals surface area contributed by atoms with E-state index in [4.69, 9.17) is 5.73 Å². The van der Waals surface area contributed by atoms with Gasteiger partial charge in [0.1, 0.15) is 11.3 Å². The van der Waals surface area contributed by atoms with Crippen molar-refractivity contribution in [2.45, 2.75) is 20.0 Å². The monoisotopic (exact) mass is 300 g/mol. The van der Waals surface area contributed by atoms with Crippen LogP contribution < -0.4 is 16.7 Å². The Kier molecular flexibility index (Phi) is 3.55. The zero-order valence-corrected chi connectivity index (χ0v) is 12.3. The fraction of sp³-hybridized carbons (Fsp3) is 0.308. The fourth-order valence-corrected chi connectivity index (χ4v) is 2.21. The molecule has 0 aromatic carbocycles. The minimum Gasteiger partial charge on any atom is -0.382 e. The van der Waals surface area contributed by atoms with Crippen molar-refractivity contribution in [2.75, 3.05) is 12.8 Å². The van der Waals surface area contributed by atoms with E-state index in [1.54, 1.807) is 19.3 Å². The molecule has 9 heteroatoms. The van der Waals surface area contributed by atoms with Crippen LogP contribution in [0.15, 0.2) is 17.2 Å². The van der Waals surface area contributed by atoms with Gasteiger partial charge in [-0.05, 0) is 14.0 Å². The lowest BCUT2D eigenvalue weighted by atomic mass is 10.4. The number of aromatic nitrogens is 6. The number of aryl methyl sites for hydroxylation is 1. The molecule has 0 atom stereocenters. The highest BCUT2D eigenvalue weighted by Crippen LogP contribution is 2.14. The Labute approximate surface area is 125 Å². The largest absolute Gasteiger partial charge is 0.382 e. The van der Waals surface area contributed by atoms with Gasteiger partial charge in [0.05, 0.1) is 30.3 Å². The van der Waals surface area contributed by atoms with E-state index in [0.717, 1.165) is 5.69 Å². The fourth-order valence-electron chi connectivity index (χ4n) is 2.21. The number of fused-ring (bicyclic) bond motifs is 1. The highest BCUT2D eigenvalue weighted by Gasteiger charge is 2.13. The van der Waals surface area contributed by atoms with Gasteiger partial charge < -0.3 is 16.0 Å². The number of aromatic amines is 1. The molecule has 0 amide bonds. The Morgan fingerprint density at radius 2 is 2.00 bits per heavy atom. The summed E-state index contributed by atoms with van der Waals surface area (Å²) in [4.78, 5) is 31.7. The number of nitrogen functional groups attached to an aromatic ring is 1. The van der Waals surface area contributed by atoms with E-state index >= 15 is 0 Å². The Balaban J connectivity index is 2.00. The average molecular weight is 300 g/mol. The zero-order valence-electron chi connectivity index (χ0n) is 12.3. The molecule has 0 saturated carbocycles. The summed E-state index contributed by atoms with van der Waals surface area (Å²) in [6.07, 6.45) is 3.33. The van der Waals surface area contributed by atoms with Crippen molar-refractivity contribution >= 4 is 17.0 Å². The third kappa shape index (κ3) is 2.53. The molecule has 0 spiro atoms. The van der Waals surface area contributed by atoms with Crippen LogP contribution in [-0.2, 0) is 13.1 Å². The zero-order chi connectivity index (χ0) is 15.7. The van der Waals surface area contributed by atoms with E-state index in [0.29, 0.717) is 29.2 Å². The van der Waals surface area contributed by atoms with Gasteiger partial charge in [-0.3, -0.25) is 14.5 Å². The summed E-state index contributed by atoms with van der Waals surface area (Å²) in [5, 5.41) is 3.00. The third-order valence-electron chi connectivity index (χ3n) is 3.20. The topological polar surface area (TPSA) is 127 Å². The molecule has 4 N–H and O–H groups in total. The van der Waals surface area contributed by atoms with Crippen LogP contribution in [0.4, 0.5) is 5.82 Å². The average Bonchev–Trinajstić information content (AvgIpc) is 2.79. The van der Waals surface area contributed by atoms with Crippen molar-refractivity contribution in [3.63, 3.8) is 0 Å². The molecule has 3 aromatic heterocycles. The summed E-state index contributed by atoms with van der Waals surface area (Å²) in [7, 11) is 1.84. The first kappa shape index (κ1) is 14.1. The maximum absolute atomic E-state index is 12.1. The van der Waals surface area contributed by atoms with Gasteiger partial charge in [0.25, 0.3) is 0 Å². The number of hydrogen-bond acceptors (Lipinski definition) is 7. The molecule has 9 nitrogen and oxygen atoms in total. The number of nitrogens with two attached hydrogens (primary N) is 1. The molecule has 3 heterocycles. The summed E-state index contributed by atoms with van der Waals surface area (Å²) in [6, 6.07) is 0. The Bertz CT molecular complexity index is 864. The number of nitrogens with zero attached hydrogens (tertiary/aromatic N) is 5. The highest BCUT2D eigenvalue weighted by molar-refractivity contribution is 5.81. The molecule has 3 rings (SSSR count). The van der Waals surface area contributed by atoms with Gasteiger partial charge in [0.15, 0.2) is 11.5 Å². The quantitative estimate of drug-likeness (QED) is 0.596. The summed E-state index contributed by atoms with van der Waals surface area (Å²) in [6.45, 7) is 2.63. The van der Waals surface area contributed by atoms with Crippen molar-refractivity contribution < 1.29 is 0 Å². The van der Waals surface area contributed by atoms with E-state index in [1.165, 1.54) is 4.57 Å². The van der Waals surface area contributed by atoms with Crippen molar-refractivity contribution in [3.8, 4) is 0 Å². The smallest absolute Gasteiger partial charge is 0.328 e. The Morgan fingerprint density at radius 1 is 1.27 bits per heavy atom. The van der Waals surface area contributed by atoms with E-state index in [-0.39, 0.29) is 18.1 Å². The molecule has 0 unspecified atom stereocenters. The lowest BCUT2D eigenvalue weighted by Gasteiger charge is -2.04. The van der Waals surface area contributed by atoms with Gasteiger partial charge >= 0.3 is 5.69 Å². The van der Waals surface area contributed by atoms with Gasteiger partial charge in [-0.25, -0.2) is 14.8 Å². The van der Waals surface area contributed by atoms with Crippen LogP contribution in [-0.4, -0.2) is 36.5 Å². The number of anilines is 1. The van der Waals surface area contributed by atoms with Gasteiger partial charge in [0.2, 0.25) is 0 Å². The first-order chi connectivity index (χ1) is 10.6. The first-order valence-corrected chi connectivity index (χ1v) is 6.75. The minimum atomic E-state index is -0.303. The molecule has 0 aliphatic heterocycles. The van der Waals surface area contributed by atoms with Crippen LogP contribution in [0.25, 0.3) is 11.2 Å². The van der Waals surface area contributed by atoms with Crippen LogP contribution in [0, 0.1) is 6.92 Å². The molecule has 22 heavy (non-hydrogen) atoms. The van der Waals surface area contributed by atoms with Crippen molar-refractivity contribution in [3.05, 3.63) is 40.1 Å². The summed E-state index contributed by atoms with van der Waals surface area (Å²) < 4.78 is 1.47. The standard InChI is InChI=1S/C13H16N8O/c1-7-18-11(14)10-12(19-7)21(13(22)20-10)6-9-5-16-8(3-15-2)4-17-9/h4-5,15H,3,6H2,1-2H3,(H,20,22)(H2,14,18,19). The number of imidazole rings is 1. The van der Waals surface area contributed by atoms with Gasteiger partial charge in [-0.15, -0.1) is 0 Å². The van der Waals surface area contributed by atoms with Crippen LogP contribution in [0.3, 0.4) is 0 Å². The van der Waals surface area contributed by atoms with Gasteiger partial charge in [0, 0.05) is 6.54 Å². The van der Waals surface area contributed by atoms with Crippen LogP contribution in [0.5, 0.6) is 0 Å². The van der Waals surface area contributed by atoms with Gasteiger partial charge in [-0.2, -0.15) is 0 Å². The molecule has 3 aromatic rings. The summed E-state index contributed by atoms with van der Waals surface area (Å²) in [5.74, 6) is 0.766. The SMILES string of the molecule is CNCc1cnc(Cn2c(=O)[nH]c3c(N)nc(C)nc32)cn1. The molecular formula is C13H16N8O. The van der Waals surface area contributed by atoms with E-state index in [9.17, 15) is 4.79 Å². The normalized spacial score (nSPS) is 11.2. The predicted octanol–water partition coefficient (Wildman–Crippen LogP) is -0.432. The molecule has 114 valence electrons. The predicted molar refractivity (Wildman–Crippen MR) is 81.2 cm³/mol. The lowest BCUT2D eigenvalue weighted by molar-refractivity contribution is 0.734. The van der Waals surface area contributed by atoms with E-state index in [1.807, 2.05) is 7.05 Å². The molecule has 0 radical (unpaired) electrons. The molecular weight excluding hydrogens is 284 g/mol. The number of hydrogen-bond donors (Lipinski definition) is 3. The Morgan fingerprint density at radius 3 is 2.68 bits per heavy atom. The molecule has 0 aliphatic carbocycles. The molecule has 0 saturated heterocycles. The second-order valence-corrected chi connectivity index (χ2v) is 4.90. The summed E-state index contributed by atoms with van der Waals surface area (Å²) in [5.41, 5.74) is 7.92. The van der Waals surface area contributed by atoms with Crippen molar-refractivity contribution in [1.29, 1.82) is 0 Å². The second kappa shape index (κ2) is 5.53. The van der Waals surface area contributed by atoms with Crippen LogP contribution in [0.2, 0.25) is 0 Å². The van der Waals surface area contributed by atoms with Gasteiger partial charge in [-0.1, -0.05) is 0 Å². The maximum atomic E-state index is 12.1. The molecule has 0 bridgehead atoms. The van der Waals surface area contributed by atoms with Crippen molar-refractivity contribution in [2.24, 2.45) is 0 Å². The highest BCUT2D eigenvalue weighted by atomic mass is 16.1. The van der Waals surface area contributed by atoms with Crippen LogP contribution in [0.1, 0.15) is 17.2 Å². The minimum absolute atomic E-state index is 0.258.